The maximum atomic E-state index is 5.46. The average molecular weight is 278 g/mol. The van der Waals surface area contributed by atoms with E-state index in [4.69, 9.17) is 4.74 Å². The lowest BCUT2D eigenvalue weighted by molar-refractivity contribution is 0.0889. The van der Waals surface area contributed by atoms with Gasteiger partial charge in [0.15, 0.2) is 0 Å². The number of nitrogens with zero attached hydrogens (tertiary/aromatic N) is 3. The van der Waals surface area contributed by atoms with Gasteiger partial charge in [0.05, 0.1) is 6.10 Å². The second-order valence-electron chi connectivity index (χ2n) is 5.40. The number of rotatable bonds is 6. The van der Waals surface area contributed by atoms with Crippen molar-refractivity contribution in [3.63, 3.8) is 0 Å². The van der Waals surface area contributed by atoms with Gasteiger partial charge in [-0.3, -0.25) is 0 Å². The smallest absolute Gasteiger partial charge is 0.225 e. The quantitative estimate of drug-likeness (QED) is 0.805. The normalized spacial score (nSPS) is 19.4. The van der Waals surface area contributed by atoms with Crippen LogP contribution in [0.5, 0.6) is 0 Å². The van der Waals surface area contributed by atoms with Crippen LogP contribution in [0.15, 0.2) is 6.20 Å². The number of aromatic nitrogens is 2. The molecule has 1 atom stereocenters. The predicted molar refractivity (Wildman–Crippen MR) is 81.0 cm³/mol. The van der Waals surface area contributed by atoms with Crippen molar-refractivity contribution in [2.75, 3.05) is 31.6 Å². The lowest BCUT2D eigenvalue weighted by Crippen LogP contribution is -2.40. The van der Waals surface area contributed by atoms with Crippen molar-refractivity contribution >= 4 is 5.95 Å². The van der Waals surface area contributed by atoms with Crippen LogP contribution < -0.4 is 10.2 Å². The molecule has 0 amide bonds. The van der Waals surface area contributed by atoms with Gasteiger partial charge >= 0.3 is 0 Å². The predicted octanol–water partition coefficient (Wildman–Crippen LogP) is 1.90. The molecule has 0 aliphatic carbocycles. The minimum absolute atomic E-state index is 0.304. The van der Waals surface area contributed by atoms with Crippen molar-refractivity contribution in [3.05, 3.63) is 17.5 Å². The summed E-state index contributed by atoms with van der Waals surface area (Å²) in [6.45, 7) is 8.02. The zero-order chi connectivity index (χ0) is 14.4. The van der Waals surface area contributed by atoms with E-state index in [-0.39, 0.29) is 0 Å². The standard InChI is InChI=1S/C15H26N4O/c1-4-7-16-9-13-10-17-15(18-12(13)2)19-8-5-6-14(11-19)20-3/h10,14,16H,4-9,11H2,1-3H3. The third-order valence-electron chi connectivity index (χ3n) is 3.80. The Morgan fingerprint density at radius 1 is 1.50 bits per heavy atom. The van der Waals surface area contributed by atoms with Crippen LogP contribution in [0, 0.1) is 6.92 Å². The van der Waals surface area contributed by atoms with Gasteiger partial charge in [-0.05, 0) is 32.7 Å². The number of hydrogen-bond acceptors (Lipinski definition) is 5. The van der Waals surface area contributed by atoms with Crippen LogP contribution in [0.4, 0.5) is 5.95 Å². The Balaban J connectivity index is 2.00. The summed E-state index contributed by atoms with van der Waals surface area (Å²) >= 11 is 0. The van der Waals surface area contributed by atoms with Gasteiger partial charge in [0.2, 0.25) is 5.95 Å². The van der Waals surface area contributed by atoms with E-state index < -0.39 is 0 Å². The molecule has 1 aromatic heterocycles. The molecule has 0 aromatic carbocycles. The summed E-state index contributed by atoms with van der Waals surface area (Å²) in [5.74, 6) is 0.837. The second kappa shape index (κ2) is 7.55. The maximum absolute atomic E-state index is 5.46. The van der Waals surface area contributed by atoms with Crippen molar-refractivity contribution in [3.8, 4) is 0 Å². The Kier molecular flexibility index (Phi) is 5.73. The fourth-order valence-corrected chi connectivity index (χ4v) is 2.52. The Labute approximate surface area is 121 Å². The summed E-state index contributed by atoms with van der Waals surface area (Å²) < 4.78 is 5.46. The monoisotopic (exact) mass is 278 g/mol. The zero-order valence-electron chi connectivity index (χ0n) is 12.9. The maximum Gasteiger partial charge on any atom is 0.225 e. The molecule has 1 saturated heterocycles. The Bertz CT molecular complexity index is 424. The molecular weight excluding hydrogens is 252 g/mol. The van der Waals surface area contributed by atoms with Crippen LogP contribution >= 0.6 is 0 Å². The van der Waals surface area contributed by atoms with Crippen LogP contribution in [0.25, 0.3) is 0 Å². The van der Waals surface area contributed by atoms with Gasteiger partial charge in [-0.2, -0.15) is 0 Å². The molecule has 0 spiro atoms. The molecule has 1 fully saturated rings. The number of piperidine rings is 1. The van der Waals surface area contributed by atoms with E-state index in [0.29, 0.717) is 6.10 Å². The third kappa shape index (κ3) is 3.90. The molecule has 0 saturated carbocycles. The number of methoxy groups -OCH3 is 1. The van der Waals surface area contributed by atoms with Crippen LogP contribution in [0.1, 0.15) is 37.4 Å². The lowest BCUT2D eigenvalue weighted by atomic mass is 10.1. The molecule has 112 valence electrons. The van der Waals surface area contributed by atoms with Gasteiger partial charge in [-0.25, -0.2) is 9.97 Å². The summed E-state index contributed by atoms with van der Waals surface area (Å²) in [4.78, 5) is 11.4. The molecule has 1 N–H and O–H groups in total. The Hall–Kier alpha value is -1.20. The first-order chi connectivity index (χ1) is 9.74. The summed E-state index contributed by atoms with van der Waals surface area (Å²) in [5.41, 5.74) is 2.25. The topological polar surface area (TPSA) is 50.3 Å². The average Bonchev–Trinajstić information content (AvgIpc) is 2.49. The second-order valence-corrected chi connectivity index (χ2v) is 5.40. The van der Waals surface area contributed by atoms with E-state index in [2.05, 4.69) is 34.0 Å². The van der Waals surface area contributed by atoms with Gasteiger partial charge < -0.3 is 15.0 Å². The summed E-state index contributed by atoms with van der Waals surface area (Å²) in [6.07, 6.45) is 5.67. The molecule has 0 bridgehead atoms. The van der Waals surface area contributed by atoms with Gasteiger partial charge in [0, 0.05) is 44.2 Å². The molecule has 0 radical (unpaired) electrons. The van der Waals surface area contributed by atoms with Crippen LogP contribution in [0.2, 0.25) is 0 Å². The van der Waals surface area contributed by atoms with E-state index >= 15 is 0 Å². The Morgan fingerprint density at radius 3 is 3.05 bits per heavy atom. The third-order valence-corrected chi connectivity index (χ3v) is 3.80. The first-order valence-corrected chi connectivity index (χ1v) is 7.55. The minimum atomic E-state index is 0.304. The van der Waals surface area contributed by atoms with Crippen molar-refractivity contribution < 1.29 is 4.74 Å². The highest BCUT2D eigenvalue weighted by atomic mass is 16.5. The van der Waals surface area contributed by atoms with Gasteiger partial charge in [0.25, 0.3) is 0 Å². The molecule has 1 unspecified atom stereocenters. The highest BCUT2D eigenvalue weighted by molar-refractivity contribution is 5.33. The Morgan fingerprint density at radius 2 is 2.35 bits per heavy atom. The molecule has 5 heteroatoms. The molecule has 1 aromatic rings. The summed E-state index contributed by atoms with van der Waals surface area (Å²) in [6, 6.07) is 0. The van der Waals surface area contributed by atoms with Gasteiger partial charge in [-0.15, -0.1) is 0 Å². The number of anilines is 1. The molecule has 2 heterocycles. The highest BCUT2D eigenvalue weighted by Gasteiger charge is 2.21. The number of nitrogens with one attached hydrogen (secondary N) is 1. The van der Waals surface area contributed by atoms with Crippen molar-refractivity contribution in [2.45, 2.75) is 45.8 Å². The molecular formula is C15H26N4O. The van der Waals surface area contributed by atoms with Crippen LogP contribution in [-0.2, 0) is 11.3 Å². The van der Waals surface area contributed by atoms with Crippen molar-refractivity contribution in [2.24, 2.45) is 0 Å². The van der Waals surface area contributed by atoms with E-state index in [9.17, 15) is 0 Å². The summed E-state index contributed by atoms with van der Waals surface area (Å²) in [7, 11) is 1.78. The van der Waals surface area contributed by atoms with E-state index in [1.807, 2.05) is 6.20 Å². The first-order valence-electron chi connectivity index (χ1n) is 7.55. The van der Waals surface area contributed by atoms with E-state index in [1.165, 1.54) is 5.56 Å². The summed E-state index contributed by atoms with van der Waals surface area (Å²) in [5, 5.41) is 3.39. The molecule has 20 heavy (non-hydrogen) atoms. The number of aryl methyl sites for hydroxylation is 1. The number of ether oxygens (including phenoxy) is 1. The fourth-order valence-electron chi connectivity index (χ4n) is 2.52. The molecule has 2 rings (SSSR count). The zero-order valence-corrected chi connectivity index (χ0v) is 12.9. The SMILES string of the molecule is CCCNCc1cnc(N2CCCC(OC)C2)nc1C. The molecule has 1 aliphatic heterocycles. The largest absolute Gasteiger partial charge is 0.380 e. The molecule has 1 aliphatic rings. The highest BCUT2D eigenvalue weighted by Crippen LogP contribution is 2.18. The van der Waals surface area contributed by atoms with Gasteiger partial charge in [-0.1, -0.05) is 6.92 Å². The van der Waals surface area contributed by atoms with Crippen LogP contribution in [-0.4, -0.2) is 42.8 Å². The van der Waals surface area contributed by atoms with E-state index in [1.54, 1.807) is 7.11 Å². The first kappa shape index (κ1) is 15.2. The molecule has 5 nitrogen and oxygen atoms in total. The minimum Gasteiger partial charge on any atom is -0.380 e. The number of hydrogen-bond donors (Lipinski definition) is 1. The van der Waals surface area contributed by atoms with Crippen molar-refractivity contribution in [1.82, 2.24) is 15.3 Å². The fraction of sp³-hybridized carbons (Fsp3) is 0.733. The van der Waals surface area contributed by atoms with Gasteiger partial charge in [0.1, 0.15) is 0 Å². The van der Waals surface area contributed by atoms with Crippen LogP contribution in [0.3, 0.4) is 0 Å². The van der Waals surface area contributed by atoms with Crippen molar-refractivity contribution in [1.29, 1.82) is 0 Å². The lowest BCUT2D eigenvalue weighted by Gasteiger charge is -2.32. The van der Waals surface area contributed by atoms with E-state index in [0.717, 1.165) is 57.1 Å².